The van der Waals surface area contributed by atoms with Crippen LogP contribution in [0.25, 0.3) is 0 Å². The second-order valence-electron chi connectivity index (χ2n) is 11.5. The number of hydrogen-bond donors (Lipinski definition) is 0. The van der Waals surface area contributed by atoms with E-state index >= 15 is 0 Å². The predicted molar refractivity (Wildman–Crippen MR) is 166 cm³/mol. The molecular formula is C32H41N3O5S2. The third-order valence-electron chi connectivity index (χ3n) is 8.51. The van der Waals surface area contributed by atoms with Crippen LogP contribution in [-0.2, 0) is 26.5 Å². The Morgan fingerprint density at radius 2 is 1.33 bits per heavy atom. The van der Waals surface area contributed by atoms with E-state index < -0.39 is 20.0 Å². The molecule has 0 aromatic heterocycles. The maximum absolute atomic E-state index is 13.7. The average Bonchev–Trinajstić information content (AvgIpc) is 2.97. The van der Waals surface area contributed by atoms with Gasteiger partial charge in [0.2, 0.25) is 20.0 Å². The summed E-state index contributed by atoms with van der Waals surface area (Å²) in [6.45, 7) is 8.07. The first-order chi connectivity index (χ1) is 20.0. The highest BCUT2D eigenvalue weighted by molar-refractivity contribution is 7.89. The van der Waals surface area contributed by atoms with Gasteiger partial charge in [-0.3, -0.25) is 0 Å². The normalized spacial score (nSPS) is 17.9. The van der Waals surface area contributed by atoms with Gasteiger partial charge in [0.05, 0.1) is 22.6 Å². The molecular weight excluding hydrogens is 571 g/mol. The first kappa shape index (κ1) is 30.5. The number of methoxy groups -OCH3 is 1. The zero-order valence-electron chi connectivity index (χ0n) is 24.9. The van der Waals surface area contributed by atoms with E-state index in [1.807, 2.05) is 56.0 Å². The van der Waals surface area contributed by atoms with E-state index in [9.17, 15) is 16.8 Å². The Hall–Kier alpha value is -2.92. The van der Waals surface area contributed by atoms with Gasteiger partial charge in [0.15, 0.2) is 0 Å². The molecule has 2 aliphatic heterocycles. The number of nitrogens with zero attached hydrogens (tertiary/aromatic N) is 3. The molecule has 0 amide bonds. The molecule has 0 N–H and O–H groups in total. The highest BCUT2D eigenvalue weighted by atomic mass is 32.2. The lowest BCUT2D eigenvalue weighted by Gasteiger charge is -2.36. The topological polar surface area (TPSA) is 87.2 Å². The number of piperidine rings is 1. The molecule has 3 aromatic rings. The molecule has 2 saturated heterocycles. The van der Waals surface area contributed by atoms with E-state index in [1.165, 1.54) is 9.87 Å². The van der Waals surface area contributed by atoms with Crippen molar-refractivity contribution in [3.8, 4) is 5.75 Å². The summed E-state index contributed by atoms with van der Waals surface area (Å²) in [6, 6.07) is 19.1. The van der Waals surface area contributed by atoms with E-state index in [0.29, 0.717) is 61.5 Å². The van der Waals surface area contributed by atoms with Crippen molar-refractivity contribution in [1.82, 2.24) is 8.61 Å². The standard InChI is InChI=1S/C32H41N3O5S2/c1-24-20-25(2)32(26(3)21-24)42(38,39)35-18-16-33(17-19-35)30-23-29(10-11-31(30)40-4)41(36,37)34-14-12-28(13-15-34)22-27-8-6-5-7-9-27/h5-11,20-21,23,28H,12-19,22H2,1-4H3. The summed E-state index contributed by atoms with van der Waals surface area (Å²) in [7, 11) is -5.78. The number of piperazine rings is 1. The van der Waals surface area contributed by atoms with Crippen LogP contribution in [0.3, 0.4) is 0 Å². The van der Waals surface area contributed by atoms with Gasteiger partial charge >= 0.3 is 0 Å². The minimum atomic E-state index is -3.68. The minimum absolute atomic E-state index is 0.237. The summed E-state index contributed by atoms with van der Waals surface area (Å²) in [4.78, 5) is 2.63. The number of sulfonamides is 2. The fraction of sp³-hybridized carbons (Fsp3) is 0.438. The zero-order chi connectivity index (χ0) is 30.1. The van der Waals surface area contributed by atoms with Crippen molar-refractivity contribution >= 4 is 25.7 Å². The molecule has 8 nitrogen and oxygen atoms in total. The smallest absolute Gasteiger partial charge is 0.243 e. The lowest BCUT2D eigenvalue weighted by molar-refractivity contribution is 0.273. The molecule has 2 fully saturated rings. The zero-order valence-corrected chi connectivity index (χ0v) is 26.5. The SMILES string of the molecule is COc1ccc(S(=O)(=O)N2CCC(Cc3ccccc3)CC2)cc1N1CCN(S(=O)(=O)c2c(C)cc(C)cc2C)CC1. The maximum Gasteiger partial charge on any atom is 0.243 e. The van der Waals surface area contributed by atoms with Crippen molar-refractivity contribution in [2.24, 2.45) is 5.92 Å². The van der Waals surface area contributed by atoms with Gasteiger partial charge < -0.3 is 9.64 Å². The molecule has 0 radical (unpaired) electrons. The Morgan fingerprint density at radius 1 is 0.738 bits per heavy atom. The molecule has 0 bridgehead atoms. The van der Waals surface area contributed by atoms with Gasteiger partial charge in [-0.2, -0.15) is 8.61 Å². The second kappa shape index (κ2) is 12.4. The molecule has 226 valence electrons. The van der Waals surface area contributed by atoms with Gasteiger partial charge in [0.1, 0.15) is 5.75 Å². The fourth-order valence-corrected chi connectivity index (χ4v) is 9.72. The minimum Gasteiger partial charge on any atom is -0.495 e. The summed E-state index contributed by atoms with van der Waals surface area (Å²) in [6.07, 6.45) is 2.62. The molecule has 5 rings (SSSR count). The quantitative estimate of drug-likeness (QED) is 0.365. The number of hydrogen-bond acceptors (Lipinski definition) is 6. The van der Waals surface area contributed by atoms with Gasteiger partial charge in [-0.1, -0.05) is 48.0 Å². The Balaban J connectivity index is 1.29. The Bertz CT molecular complexity index is 1600. The van der Waals surface area contributed by atoms with Crippen molar-refractivity contribution in [1.29, 1.82) is 0 Å². The molecule has 0 spiro atoms. The largest absolute Gasteiger partial charge is 0.495 e. The van der Waals surface area contributed by atoms with Crippen LogP contribution < -0.4 is 9.64 Å². The molecule has 42 heavy (non-hydrogen) atoms. The van der Waals surface area contributed by atoms with E-state index in [4.69, 9.17) is 4.74 Å². The summed E-state index contributed by atoms with van der Waals surface area (Å²) < 4.78 is 63.3. The molecule has 0 saturated carbocycles. The Morgan fingerprint density at radius 3 is 1.93 bits per heavy atom. The van der Waals surface area contributed by atoms with Crippen molar-refractivity contribution in [3.05, 3.63) is 82.9 Å². The second-order valence-corrected chi connectivity index (χ2v) is 15.3. The van der Waals surface area contributed by atoms with Crippen LogP contribution >= 0.6 is 0 Å². The Kier molecular flexibility index (Phi) is 8.99. The first-order valence-electron chi connectivity index (χ1n) is 14.6. The molecule has 2 aliphatic rings. The van der Waals surface area contributed by atoms with Crippen LogP contribution in [0.4, 0.5) is 5.69 Å². The molecule has 2 heterocycles. The van der Waals surface area contributed by atoms with Crippen LogP contribution in [-0.4, -0.2) is 71.8 Å². The number of ether oxygens (including phenoxy) is 1. The van der Waals surface area contributed by atoms with Gasteiger partial charge in [-0.25, -0.2) is 16.8 Å². The van der Waals surface area contributed by atoms with E-state index in [-0.39, 0.29) is 4.90 Å². The van der Waals surface area contributed by atoms with Crippen molar-refractivity contribution < 1.29 is 21.6 Å². The van der Waals surface area contributed by atoms with Crippen LogP contribution in [0.5, 0.6) is 5.75 Å². The van der Waals surface area contributed by atoms with Crippen molar-refractivity contribution in [2.45, 2.75) is 49.8 Å². The summed E-state index contributed by atoms with van der Waals surface area (Å²) in [5.41, 5.74) is 4.48. The average molecular weight is 612 g/mol. The van der Waals surface area contributed by atoms with Crippen molar-refractivity contribution in [2.75, 3.05) is 51.3 Å². The molecule has 10 heteroatoms. The molecule has 0 atom stereocenters. The lowest BCUT2D eigenvalue weighted by atomic mass is 9.91. The summed E-state index contributed by atoms with van der Waals surface area (Å²) in [5.74, 6) is 1.03. The van der Waals surface area contributed by atoms with E-state index in [0.717, 1.165) is 36.0 Å². The van der Waals surface area contributed by atoms with Gasteiger partial charge in [-0.15, -0.1) is 0 Å². The first-order valence-corrected chi connectivity index (χ1v) is 17.4. The van der Waals surface area contributed by atoms with E-state index in [2.05, 4.69) is 12.1 Å². The summed E-state index contributed by atoms with van der Waals surface area (Å²) in [5, 5.41) is 0. The number of rotatable bonds is 8. The number of benzene rings is 3. The third-order valence-corrected chi connectivity index (χ3v) is 12.6. The highest BCUT2D eigenvalue weighted by Gasteiger charge is 2.33. The van der Waals surface area contributed by atoms with Crippen LogP contribution in [0.2, 0.25) is 0 Å². The van der Waals surface area contributed by atoms with E-state index in [1.54, 1.807) is 29.6 Å². The molecule has 0 aliphatic carbocycles. The predicted octanol–water partition coefficient (Wildman–Crippen LogP) is 4.77. The van der Waals surface area contributed by atoms with Gasteiger partial charge in [0, 0.05) is 39.3 Å². The Labute approximate surface area is 251 Å². The molecule has 3 aromatic carbocycles. The maximum atomic E-state index is 13.7. The molecule has 0 unspecified atom stereocenters. The van der Waals surface area contributed by atoms with Crippen LogP contribution in [0.15, 0.2) is 70.5 Å². The van der Waals surface area contributed by atoms with Gasteiger partial charge in [0.25, 0.3) is 0 Å². The van der Waals surface area contributed by atoms with Crippen molar-refractivity contribution in [3.63, 3.8) is 0 Å². The number of aryl methyl sites for hydroxylation is 3. The van der Waals surface area contributed by atoms with Gasteiger partial charge in [-0.05, 0) is 80.8 Å². The monoisotopic (exact) mass is 611 g/mol. The van der Waals surface area contributed by atoms with Crippen LogP contribution in [0.1, 0.15) is 35.1 Å². The fourth-order valence-electron chi connectivity index (χ4n) is 6.40. The highest BCUT2D eigenvalue weighted by Crippen LogP contribution is 2.35. The number of anilines is 1. The van der Waals surface area contributed by atoms with Crippen LogP contribution in [0, 0.1) is 26.7 Å². The summed E-state index contributed by atoms with van der Waals surface area (Å²) >= 11 is 0. The lowest BCUT2D eigenvalue weighted by Crippen LogP contribution is -2.49. The third kappa shape index (κ3) is 6.22.